The average Bonchev–Trinajstić information content (AvgIpc) is 3.03. The van der Waals surface area contributed by atoms with Gasteiger partial charge in [-0.2, -0.15) is 0 Å². The number of fused-ring (bicyclic) bond motifs is 1. The van der Waals surface area contributed by atoms with Crippen molar-refractivity contribution in [2.24, 2.45) is 0 Å². The van der Waals surface area contributed by atoms with E-state index in [-0.39, 0.29) is 11.6 Å². The molecule has 2 aromatic heterocycles. The Kier molecular flexibility index (Phi) is 7.23. The summed E-state index contributed by atoms with van der Waals surface area (Å²) in [7, 11) is -1.11. The molecule has 0 saturated carbocycles. The molecule has 0 radical (unpaired) electrons. The van der Waals surface area contributed by atoms with Crippen molar-refractivity contribution in [1.82, 2.24) is 19.4 Å². The molecule has 0 unspecified atom stereocenters. The second kappa shape index (κ2) is 9.57. The summed E-state index contributed by atoms with van der Waals surface area (Å²) in [5.74, 6) is 0.892. The zero-order valence-corrected chi connectivity index (χ0v) is 24.5. The van der Waals surface area contributed by atoms with Crippen molar-refractivity contribution in [3.05, 3.63) is 16.0 Å². The fourth-order valence-electron chi connectivity index (χ4n) is 4.60. The Morgan fingerprint density at radius 1 is 1.18 bits per heavy atom. The number of hydrogen-bond donors (Lipinski definition) is 0. The van der Waals surface area contributed by atoms with Gasteiger partial charge in [-0.15, -0.1) is 0 Å². The van der Waals surface area contributed by atoms with Gasteiger partial charge in [0.15, 0.2) is 5.65 Å². The minimum Gasteiger partial charge on any atom is -0.444 e. The molecule has 2 aromatic rings. The van der Waals surface area contributed by atoms with Crippen molar-refractivity contribution in [1.29, 1.82) is 0 Å². The Morgan fingerprint density at radius 3 is 2.44 bits per heavy atom. The van der Waals surface area contributed by atoms with Crippen LogP contribution in [0.5, 0.6) is 0 Å². The number of piperidine rings is 1. The molecular formula is C24H38IN5O3Si. The molecule has 2 fully saturated rings. The molecule has 8 nitrogen and oxygen atoms in total. The van der Waals surface area contributed by atoms with Crippen LogP contribution in [0.25, 0.3) is 11.2 Å². The molecule has 0 atom stereocenters. The molecule has 2 aliphatic heterocycles. The Hall–Kier alpha value is -1.40. The number of halogens is 1. The molecule has 10 heteroatoms. The monoisotopic (exact) mass is 599 g/mol. The predicted molar refractivity (Wildman–Crippen MR) is 146 cm³/mol. The van der Waals surface area contributed by atoms with Gasteiger partial charge >= 0.3 is 6.09 Å². The quantitative estimate of drug-likeness (QED) is 0.254. The van der Waals surface area contributed by atoms with E-state index in [1.807, 2.05) is 31.9 Å². The molecule has 4 heterocycles. The Balaban J connectivity index is 1.41. The summed E-state index contributed by atoms with van der Waals surface area (Å²) >= 11 is 2.32. The van der Waals surface area contributed by atoms with Crippen LogP contribution in [0.4, 0.5) is 10.6 Å². The van der Waals surface area contributed by atoms with E-state index in [4.69, 9.17) is 19.4 Å². The van der Waals surface area contributed by atoms with Gasteiger partial charge in [0.1, 0.15) is 23.7 Å². The van der Waals surface area contributed by atoms with Gasteiger partial charge in [0.05, 0.1) is 15.3 Å². The first-order valence-corrected chi connectivity index (χ1v) is 17.0. The highest BCUT2D eigenvalue weighted by Gasteiger charge is 2.50. The van der Waals surface area contributed by atoms with E-state index in [0.717, 1.165) is 72.1 Å². The molecule has 2 saturated heterocycles. The summed E-state index contributed by atoms with van der Waals surface area (Å²) in [6, 6.07) is 1.15. The van der Waals surface area contributed by atoms with E-state index in [1.165, 1.54) is 0 Å². The fraction of sp³-hybridized carbons (Fsp3) is 0.708. The number of aromatic nitrogens is 3. The Labute approximate surface area is 217 Å². The summed E-state index contributed by atoms with van der Waals surface area (Å²) in [6.07, 6.45) is 6.65. The number of hydrogen-bond acceptors (Lipinski definition) is 6. The third-order valence-corrected chi connectivity index (χ3v) is 9.23. The third kappa shape index (κ3) is 5.70. The second-order valence-electron chi connectivity index (χ2n) is 11.8. The molecule has 1 amide bonds. The van der Waals surface area contributed by atoms with Crippen LogP contribution < -0.4 is 4.90 Å². The van der Waals surface area contributed by atoms with Gasteiger partial charge in [-0.1, -0.05) is 19.6 Å². The van der Waals surface area contributed by atoms with Gasteiger partial charge in [0.2, 0.25) is 0 Å². The normalized spacial score (nSPS) is 18.4. The SMILES string of the molecule is CC(C)(C)OC(=O)N1CCC12CCN(c1cnc3c(I)cn(COCC[Si](C)(C)C)c3n1)CC2. The fourth-order valence-corrected chi connectivity index (χ4v) is 6.08. The van der Waals surface area contributed by atoms with Crippen LogP contribution >= 0.6 is 22.6 Å². The summed E-state index contributed by atoms with van der Waals surface area (Å²) in [5, 5.41) is 0. The highest BCUT2D eigenvalue weighted by atomic mass is 127. The van der Waals surface area contributed by atoms with Crippen LogP contribution in [0, 0.1) is 3.57 Å². The van der Waals surface area contributed by atoms with Crippen LogP contribution in [-0.2, 0) is 16.2 Å². The average molecular weight is 600 g/mol. The van der Waals surface area contributed by atoms with Crippen molar-refractivity contribution in [2.45, 2.75) is 83.6 Å². The number of carbonyl (C=O) groups excluding carboxylic acids is 1. The number of likely N-dealkylation sites (tertiary alicyclic amines) is 1. The van der Waals surface area contributed by atoms with Crippen molar-refractivity contribution < 1.29 is 14.3 Å². The molecule has 0 aromatic carbocycles. The van der Waals surface area contributed by atoms with Crippen LogP contribution in [0.2, 0.25) is 25.7 Å². The highest BCUT2D eigenvalue weighted by molar-refractivity contribution is 14.1. The van der Waals surface area contributed by atoms with Gasteiger partial charge < -0.3 is 23.8 Å². The van der Waals surface area contributed by atoms with Crippen molar-refractivity contribution in [2.75, 3.05) is 31.1 Å². The van der Waals surface area contributed by atoms with E-state index in [1.54, 1.807) is 0 Å². The van der Waals surface area contributed by atoms with Gasteiger partial charge in [-0.3, -0.25) is 0 Å². The topological polar surface area (TPSA) is 72.7 Å². The number of amides is 1. The maximum Gasteiger partial charge on any atom is 0.410 e. The number of ether oxygens (including phenoxy) is 2. The molecule has 188 valence electrons. The molecule has 1 spiro atoms. The minimum atomic E-state index is -1.11. The summed E-state index contributed by atoms with van der Waals surface area (Å²) in [5.41, 5.74) is 1.25. The van der Waals surface area contributed by atoms with Crippen molar-refractivity contribution >= 4 is 53.7 Å². The maximum atomic E-state index is 12.7. The Morgan fingerprint density at radius 2 is 1.85 bits per heavy atom. The molecule has 0 N–H and O–H groups in total. The predicted octanol–water partition coefficient (Wildman–Crippen LogP) is 5.33. The van der Waals surface area contributed by atoms with Crippen molar-refractivity contribution in [3.8, 4) is 0 Å². The molecule has 0 aliphatic carbocycles. The molecular weight excluding hydrogens is 561 g/mol. The van der Waals surface area contributed by atoms with E-state index < -0.39 is 13.7 Å². The van der Waals surface area contributed by atoms with Gasteiger partial charge in [0, 0.05) is 40.5 Å². The lowest BCUT2D eigenvalue weighted by atomic mass is 9.76. The number of rotatable bonds is 6. The lowest BCUT2D eigenvalue weighted by Crippen LogP contribution is -2.66. The minimum absolute atomic E-state index is 0.0732. The van der Waals surface area contributed by atoms with Gasteiger partial charge in [-0.05, 0) is 68.7 Å². The smallest absolute Gasteiger partial charge is 0.410 e. The first-order valence-electron chi connectivity index (χ1n) is 12.2. The third-order valence-electron chi connectivity index (χ3n) is 6.74. The van der Waals surface area contributed by atoms with E-state index in [9.17, 15) is 4.79 Å². The van der Waals surface area contributed by atoms with E-state index in [2.05, 4.69) is 57.9 Å². The maximum absolute atomic E-state index is 12.7. The lowest BCUT2D eigenvalue weighted by Gasteiger charge is -2.56. The van der Waals surface area contributed by atoms with Crippen LogP contribution in [0.15, 0.2) is 12.4 Å². The summed E-state index contributed by atoms with van der Waals surface area (Å²) in [4.78, 5) is 26.6. The number of nitrogens with zero attached hydrogens (tertiary/aromatic N) is 5. The van der Waals surface area contributed by atoms with E-state index in [0.29, 0.717) is 6.73 Å². The lowest BCUT2D eigenvalue weighted by molar-refractivity contribution is -0.0542. The molecule has 4 rings (SSSR count). The Bertz CT molecular complexity index is 1040. The van der Waals surface area contributed by atoms with Crippen LogP contribution in [0.1, 0.15) is 40.0 Å². The summed E-state index contributed by atoms with van der Waals surface area (Å²) in [6.45, 7) is 16.6. The van der Waals surface area contributed by atoms with E-state index >= 15 is 0 Å². The van der Waals surface area contributed by atoms with Gasteiger partial charge in [-0.25, -0.2) is 14.8 Å². The number of carbonyl (C=O) groups is 1. The number of anilines is 1. The zero-order chi connectivity index (χ0) is 24.7. The van der Waals surface area contributed by atoms with Gasteiger partial charge in [0.25, 0.3) is 0 Å². The first kappa shape index (κ1) is 25.7. The molecule has 34 heavy (non-hydrogen) atoms. The zero-order valence-electron chi connectivity index (χ0n) is 21.4. The first-order chi connectivity index (χ1) is 15.9. The second-order valence-corrected chi connectivity index (χ2v) is 18.6. The standard InChI is InChI=1S/C24H38IN5O3Si/c1-23(2,3)33-22(31)30-12-9-24(30)7-10-28(11-8-24)19-15-26-20-18(25)16-29(21(20)27-19)17-32-13-14-34(4,5)6/h15-16H,7-14,17H2,1-6H3. The largest absolute Gasteiger partial charge is 0.444 e. The van der Waals surface area contributed by atoms with Crippen LogP contribution in [0.3, 0.4) is 0 Å². The highest BCUT2D eigenvalue weighted by Crippen LogP contribution is 2.41. The van der Waals surface area contributed by atoms with Crippen LogP contribution in [-0.4, -0.2) is 71.0 Å². The van der Waals surface area contributed by atoms with Crippen molar-refractivity contribution in [3.63, 3.8) is 0 Å². The summed E-state index contributed by atoms with van der Waals surface area (Å²) < 4.78 is 14.8. The molecule has 0 bridgehead atoms. The molecule has 2 aliphatic rings.